The van der Waals surface area contributed by atoms with Crippen molar-refractivity contribution < 1.29 is 33.4 Å². The number of nitrogens with zero attached hydrogens (tertiary/aromatic N) is 6. The number of anilines is 2. The fraction of sp³-hybridized carbons (Fsp3) is 0.400. The molecule has 2 aliphatic rings. The molecule has 0 saturated carbocycles. The zero-order chi connectivity index (χ0) is 42.4. The van der Waals surface area contributed by atoms with Gasteiger partial charge in [0.2, 0.25) is 18.0 Å². The van der Waals surface area contributed by atoms with Crippen LogP contribution in [-0.2, 0) is 45.0 Å². The Labute approximate surface area is 356 Å². The predicted molar refractivity (Wildman–Crippen MR) is 232 cm³/mol. The van der Waals surface area contributed by atoms with Crippen LogP contribution in [0, 0.1) is 5.21 Å². The second-order valence-electron chi connectivity index (χ2n) is 16.0. The van der Waals surface area contributed by atoms with Crippen LogP contribution in [0.25, 0.3) is 41.6 Å². The molecule has 0 saturated heterocycles. The number of ether oxygens (including phenoxy) is 2. The second kappa shape index (κ2) is 16.4. The fourth-order valence-corrected chi connectivity index (χ4v) is 11.3. The van der Waals surface area contributed by atoms with Crippen molar-refractivity contribution in [2.24, 2.45) is 0 Å². The van der Waals surface area contributed by atoms with E-state index in [2.05, 4.69) is 20.6 Å². The summed E-state index contributed by atoms with van der Waals surface area (Å²) in [5.74, 6) is -0.297. The van der Waals surface area contributed by atoms with E-state index in [-0.39, 0.29) is 24.0 Å². The molecule has 0 aliphatic carbocycles. The number of thiophene rings is 2. The lowest BCUT2D eigenvalue weighted by molar-refractivity contribution is -0.603. The summed E-state index contributed by atoms with van der Waals surface area (Å²) in [4.78, 5) is 67.6. The van der Waals surface area contributed by atoms with Gasteiger partial charge in [0.1, 0.15) is 42.3 Å². The number of thiazole rings is 2. The summed E-state index contributed by atoms with van der Waals surface area (Å²) in [6.07, 6.45) is 7.05. The summed E-state index contributed by atoms with van der Waals surface area (Å²) >= 11 is 6.02. The Hall–Kier alpha value is -5.24. The highest BCUT2D eigenvalue weighted by molar-refractivity contribution is 7.23. The second-order valence-corrected chi connectivity index (χ2v) is 20.3. The van der Waals surface area contributed by atoms with Crippen LogP contribution in [0.2, 0.25) is 0 Å². The highest BCUT2D eigenvalue weighted by Crippen LogP contribution is 2.47. The van der Waals surface area contributed by atoms with Gasteiger partial charge in [-0.05, 0) is 71.6 Å². The van der Waals surface area contributed by atoms with Gasteiger partial charge in [-0.15, -0.1) is 45.3 Å². The maximum absolute atomic E-state index is 12.5. The summed E-state index contributed by atoms with van der Waals surface area (Å²) in [7, 11) is 0. The minimum Gasteiger partial charge on any atom is -0.619 e. The summed E-state index contributed by atoms with van der Waals surface area (Å²) < 4.78 is 13.7. The summed E-state index contributed by atoms with van der Waals surface area (Å²) in [6.45, 7) is 16.1. The molecular weight excluding hydrogens is 833 g/mol. The van der Waals surface area contributed by atoms with Crippen LogP contribution < -0.4 is 15.4 Å². The lowest BCUT2D eigenvalue weighted by atomic mass is 10.0. The summed E-state index contributed by atoms with van der Waals surface area (Å²) in [5, 5.41) is 20.6. The van der Waals surface area contributed by atoms with Gasteiger partial charge in [-0.25, -0.2) is 19.6 Å². The molecule has 19 heteroatoms. The molecule has 2 aliphatic heterocycles. The number of amides is 4. The van der Waals surface area contributed by atoms with Gasteiger partial charge >= 0.3 is 12.2 Å². The van der Waals surface area contributed by atoms with Gasteiger partial charge in [0.15, 0.2) is 6.20 Å². The maximum atomic E-state index is 12.5. The molecule has 8 rings (SSSR count). The van der Waals surface area contributed by atoms with Gasteiger partial charge in [0.05, 0.1) is 28.7 Å². The van der Waals surface area contributed by atoms with Crippen LogP contribution in [0.4, 0.5) is 19.6 Å². The van der Waals surface area contributed by atoms with E-state index in [1.165, 1.54) is 60.3 Å². The molecule has 6 aromatic heterocycles. The van der Waals surface area contributed by atoms with E-state index in [1.807, 2.05) is 47.6 Å². The van der Waals surface area contributed by atoms with E-state index in [9.17, 15) is 24.4 Å². The third-order valence-corrected chi connectivity index (χ3v) is 13.3. The van der Waals surface area contributed by atoms with Crippen molar-refractivity contribution >= 4 is 99.8 Å². The van der Waals surface area contributed by atoms with E-state index in [1.54, 1.807) is 39.6 Å². The highest BCUT2D eigenvalue weighted by Gasteiger charge is 2.33. The summed E-state index contributed by atoms with van der Waals surface area (Å²) in [6, 6.07) is 3.68. The molecule has 0 fully saturated rings. The van der Waals surface area contributed by atoms with Crippen molar-refractivity contribution in [1.29, 1.82) is 0 Å². The van der Waals surface area contributed by atoms with Crippen molar-refractivity contribution in [1.82, 2.24) is 24.8 Å². The average Bonchev–Trinajstić information content (AvgIpc) is 3.90. The molecule has 4 amide bonds. The van der Waals surface area contributed by atoms with Crippen molar-refractivity contribution in [3.8, 4) is 21.1 Å². The monoisotopic (exact) mass is 876 g/mol. The number of pyridine rings is 2. The molecule has 0 atom stereocenters. The first-order valence-corrected chi connectivity index (χ1v) is 22.1. The molecule has 0 spiro atoms. The van der Waals surface area contributed by atoms with Crippen molar-refractivity contribution in [2.75, 3.05) is 23.7 Å². The number of fused-ring (bicyclic) bond motifs is 4. The Kier molecular flexibility index (Phi) is 11.7. The van der Waals surface area contributed by atoms with E-state index in [4.69, 9.17) is 14.5 Å². The standard InChI is InChI=1S/C20H22N4O4S2.C20H22N4O3S2/c1-11(25)21-17-16(18-22-13-9-24(27)8-6-14(13)29-18)12-5-7-23(10-15(12)30-17)19(26)28-20(2,3)4;1-11(25)22-17-16(18-23-13-9-21-7-5-14(13)28-18)12-6-8-24(10-15(12)29-17)19(26)27-20(2,3)4/h6,8-9H,5,7,10H2,1-4H3,(H,21,25);5,7,9H,6,8,10H2,1-4H3,(H,22,25). The lowest BCUT2D eigenvalue weighted by Crippen LogP contribution is -2.39. The number of nitrogens with one attached hydrogen (secondary N) is 2. The van der Waals surface area contributed by atoms with Crippen LogP contribution in [0.15, 0.2) is 36.9 Å². The first-order chi connectivity index (χ1) is 27.8. The molecule has 6 aromatic rings. The zero-order valence-electron chi connectivity index (χ0n) is 33.9. The SMILES string of the molecule is CC(=O)Nc1sc2c(c1-c1nc3c[n+]([O-])ccc3s1)CCN(C(=O)OC(C)(C)C)C2.CC(=O)Nc1sc2c(c1-c1nc3cnccc3s1)CCN(C(=O)OC(C)(C)C)C2. The van der Waals surface area contributed by atoms with E-state index in [0.29, 0.717) is 49.5 Å². The molecule has 59 heavy (non-hydrogen) atoms. The Morgan fingerprint density at radius 1 is 0.729 bits per heavy atom. The number of hydrogen-bond donors (Lipinski definition) is 2. The molecule has 0 bridgehead atoms. The Bertz CT molecular complexity index is 2560. The van der Waals surface area contributed by atoms with Crippen molar-refractivity contribution in [3.63, 3.8) is 0 Å². The number of carbonyl (C=O) groups is 4. The smallest absolute Gasteiger partial charge is 0.410 e. The number of aromatic nitrogens is 4. The van der Waals surface area contributed by atoms with Crippen LogP contribution in [0.3, 0.4) is 0 Å². The minimum atomic E-state index is -0.557. The van der Waals surface area contributed by atoms with Gasteiger partial charge in [-0.3, -0.25) is 14.6 Å². The van der Waals surface area contributed by atoms with Gasteiger partial charge in [-0.2, -0.15) is 4.73 Å². The van der Waals surface area contributed by atoms with E-state index < -0.39 is 11.2 Å². The predicted octanol–water partition coefficient (Wildman–Crippen LogP) is 8.58. The van der Waals surface area contributed by atoms with Gasteiger partial charge < -0.3 is 35.1 Å². The third-order valence-electron chi connectivity index (χ3n) is 8.92. The molecule has 2 N–H and O–H groups in total. The number of rotatable bonds is 4. The summed E-state index contributed by atoms with van der Waals surface area (Å²) in [5.41, 5.74) is 4.44. The van der Waals surface area contributed by atoms with E-state index >= 15 is 0 Å². The molecule has 310 valence electrons. The van der Waals surface area contributed by atoms with Crippen LogP contribution in [0.5, 0.6) is 0 Å². The topological polar surface area (TPSA) is 183 Å². The maximum Gasteiger partial charge on any atom is 0.410 e. The fourth-order valence-electron chi connectivity index (χ4n) is 6.57. The third kappa shape index (κ3) is 9.64. The quantitative estimate of drug-likeness (QED) is 0.129. The number of carbonyl (C=O) groups excluding carboxylic acids is 4. The van der Waals surface area contributed by atoms with Crippen molar-refractivity contribution in [3.05, 3.63) is 63.0 Å². The first kappa shape index (κ1) is 41.9. The highest BCUT2D eigenvalue weighted by atomic mass is 32.1. The van der Waals surface area contributed by atoms with Gasteiger partial charge in [0, 0.05) is 60.1 Å². The Morgan fingerprint density at radius 2 is 1.20 bits per heavy atom. The van der Waals surface area contributed by atoms with Crippen LogP contribution in [0.1, 0.15) is 76.3 Å². The average molecular weight is 877 g/mol. The molecule has 8 heterocycles. The minimum absolute atomic E-state index is 0.128. The van der Waals surface area contributed by atoms with E-state index in [0.717, 1.165) is 66.7 Å². The van der Waals surface area contributed by atoms with Crippen molar-refractivity contribution in [2.45, 2.75) is 92.5 Å². The molecular formula is C40H44N8O7S4. The lowest BCUT2D eigenvalue weighted by Gasteiger charge is -2.30. The largest absolute Gasteiger partial charge is 0.619 e. The van der Waals surface area contributed by atoms with Gasteiger partial charge in [0.25, 0.3) is 0 Å². The van der Waals surface area contributed by atoms with Crippen LogP contribution in [-0.4, -0.2) is 73.0 Å². The zero-order valence-corrected chi connectivity index (χ0v) is 37.1. The molecule has 15 nitrogen and oxygen atoms in total. The molecule has 0 aromatic carbocycles. The normalized spacial score (nSPS) is 14.0. The first-order valence-electron chi connectivity index (χ1n) is 18.8. The number of hydrogen-bond acceptors (Lipinski definition) is 14. The molecule has 0 unspecified atom stereocenters. The van der Waals surface area contributed by atoms with Crippen LogP contribution >= 0.6 is 45.3 Å². The molecule has 0 radical (unpaired) electrons. The van der Waals surface area contributed by atoms with Gasteiger partial charge in [-0.1, -0.05) is 0 Å². The Balaban J connectivity index is 0.000000179. The Morgan fingerprint density at radius 3 is 1.66 bits per heavy atom.